The predicted octanol–water partition coefficient (Wildman–Crippen LogP) is 3.19. The molecular weight excluding hydrogens is 259 g/mol. The smallest absolute Gasteiger partial charge is 0.226 e. The lowest BCUT2D eigenvalue weighted by molar-refractivity contribution is -0.117. The second-order valence-electron chi connectivity index (χ2n) is 5.18. The lowest BCUT2D eigenvalue weighted by Gasteiger charge is -2.09. The number of carbonyl (C=O) groups excluding carboxylic acids is 1. The van der Waals surface area contributed by atoms with E-state index in [4.69, 9.17) is 10.5 Å². The molecule has 0 aliphatic carbocycles. The van der Waals surface area contributed by atoms with Gasteiger partial charge in [0.2, 0.25) is 5.91 Å². The largest absolute Gasteiger partial charge is 0.397 e. The van der Waals surface area contributed by atoms with E-state index in [2.05, 4.69) is 19.2 Å². The highest BCUT2D eigenvalue weighted by Gasteiger charge is 2.06. The fourth-order valence-corrected chi connectivity index (χ4v) is 1.72. The molecular formula is C15H23FN2O2. The average molecular weight is 282 g/mol. The first-order valence-corrected chi connectivity index (χ1v) is 6.91. The lowest BCUT2D eigenvalue weighted by atomic mass is 10.1. The van der Waals surface area contributed by atoms with Crippen molar-refractivity contribution in [1.29, 1.82) is 0 Å². The van der Waals surface area contributed by atoms with Crippen molar-refractivity contribution in [3.8, 4) is 0 Å². The Hall–Kier alpha value is -1.62. The highest BCUT2D eigenvalue weighted by Crippen LogP contribution is 2.19. The molecule has 5 heteroatoms. The van der Waals surface area contributed by atoms with Crippen LogP contribution in [-0.4, -0.2) is 19.1 Å². The molecule has 112 valence electrons. The number of nitrogen functional groups attached to an aromatic ring is 1. The first-order valence-electron chi connectivity index (χ1n) is 6.91. The third-order valence-corrected chi connectivity index (χ3v) is 2.83. The number of carbonyl (C=O) groups is 1. The molecule has 4 nitrogen and oxygen atoms in total. The van der Waals surface area contributed by atoms with Crippen LogP contribution >= 0.6 is 0 Å². The predicted molar refractivity (Wildman–Crippen MR) is 79.0 cm³/mol. The maximum absolute atomic E-state index is 12.8. The van der Waals surface area contributed by atoms with Gasteiger partial charge in [0.15, 0.2) is 0 Å². The van der Waals surface area contributed by atoms with E-state index < -0.39 is 5.82 Å². The van der Waals surface area contributed by atoms with E-state index in [1.54, 1.807) is 0 Å². The van der Waals surface area contributed by atoms with Crippen molar-refractivity contribution in [2.45, 2.75) is 33.1 Å². The number of hydrogen-bond acceptors (Lipinski definition) is 3. The Morgan fingerprint density at radius 3 is 2.80 bits per heavy atom. The van der Waals surface area contributed by atoms with Gasteiger partial charge < -0.3 is 15.8 Å². The zero-order chi connectivity index (χ0) is 15.0. The number of hydrogen-bond donors (Lipinski definition) is 2. The summed E-state index contributed by atoms with van der Waals surface area (Å²) in [4.78, 5) is 11.7. The number of ether oxygens (including phenoxy) is 1. The quantitative estimate of drug-likeness (QED) is 0.568. The number of nitrogens with one attached hydrogen (secondary N) is 1. The van der Waals surface area contributed by atoms with E-state index in [0.717, 1.165) is 12.8 Å². The Morgan fingerprint density at radius 2 is 2.15 bits per heavy atom. The van der Waals surface area contributed by atoms with Gasteiger partial charge >= 0.3 is 0 Å². The van der Waals surface area contributed by atoms with Gasteiger partial charge in [-0.3, -0.25) is 4.79 Å². The minimum atomic E-state index is -0.422. The maximum atomic E-state index is 12.8. The third-order valence-electron chi connectivity index (χ3n) is 2.83. The molecule has 1 aromatic carbocycles. The van der Waals surface area contributed by atoms with Gasteiger partial charge in [0.1, 0.15) is 5.82 Å². The van der Waals surface area contributed by atoms with Crippen LogP contribution in [-0.2, 0) is 9.53 Å². The second kappa shape index (κ2) is 8.53. The van der Waals surface area contributed by atoms with E-state index >= 15 is 0 Å². The standard InChI is InChI=1S/C15H23FN2O2/c1-11(2)4-3-8-20-9-7-15(19)18-14-6-5-12(16)10-13(14)17/h5-6,10-11H,3-4,7-9,17H2,1-2H3,(H,18,19). The van der Waals surface area contributed by atoms with Gasteiger partial charge in [-0.2, -0.15) is 0 Å². The van der Waals surface area contributed by atoms with Crippen molar-refractivity contribution >= 4 is 17.3 Å². The summed E-state index contributed by atoms with van der Waals surface area (Å²) in [5, 5.41) is 2.64. The SMILES string of the molecule is CC(C)CCCOCCC(=O)Nc1ccc(F)cc1N. The number of anilines is 2. The van der Waals surface area contributed by atoms with E-state index in [1.807, 2.05) is 0 Å². The minimum absolute atomic E-state index is 0.188. The molecule has 1 aromatic rings. The molecule has 0 unspecified atom stereocenters. The Bertz CT molecular complexity index is 436. The van der Waals surface area contributed by atoms with Crippen LogP contribution in [0.5, 0.6) is 0 Å². The second-order valence-corrected chi connectivity index (χ2v) is 5.18. The van der Waals surface area contributed by atoms with Gasteiger partial charge in [-0.25, -0.2) is 4.39 Å². The number of rotatable bonds is 8. The molecule has 0 heterocycles. The van der Waals surface area contributed by atoms with E-state index in [1.165, 1.54) is 18.2 Å². The molecule has 1 rings (SSSR count). The first kappa shape index (κ1) is 16.4. The normalized spacial score (nSPS) is 10.8. The van der Waals surface area contributed by atoms with Crippen molar-refractivity contribution in [3.63, 3.8) is 0 Å². The highest BCUT2D eigenvalue weighted by molar-refractivity contribution is 5.93. The van der Waals surface area contributed by atoms with Crippen molar-refractivity contribution < 1.29 is 13.9 Å². The molecule has 0 atom stereocenters. The van der Waals surface area contributed by atoms with Crippen LogP contribution in [0.15, 0.2) is 18.2 Å². The van der Waals surface area contributed by atoms with E-state index in [-0.39, 0.29) is 18.0 Å². The molecule has 0 aliphatic heterocycles. The van der Waals surface area contributed by atoms with Crippen LogP contribution in [0.25, 0.3) is 0 Å². The molecule has 3 N–H and O–H groups in total. The van der Waals surface area contributed by atoms with Gasteiger partial charge in [-0.05, 0) is 37.0 Å². The molecule has 0 bridgehead atoms. The topological polar surface area (TPSA) is 64.3 Å². The zero-order valence-corrected chi connectivity index (χ0v) is 12.1. The van der Waals surface area contributed by atoms with Gasteiger partial charge in [0, 0.05) is 6.61 Å². The van der Waals surface area contributed by atoms with Crippen LogP contribution in [0.4, 0.5) is 15.8 Å². The highest BCUT2D eigenvalue weighted by atomic mass is 19.1. The average Bonchev–Trinajstić information content (AvgIpc) is 2.36. The van der Waals surface area contributed by atoms with Crippen molar-refractivity contribution in [2.24, 2.45) is 5.92 Å². The molecule has 0 saturated heterocycles. The Balaban J connectivity index is 2.20. The fraction of sp³-hybridized carbons (Fsp3) is 0.533. The van der Waals surface area contributed by atoms with Gasteiger partial charge in [0.05, 0.1) is 24.4 Å². The first-order chi connectivity index (χ1) is 9.49. The van der Waals surface area contributed by atoms with Crippen molar-refractivity contribution in [1.82, 2.24) is 0 Å². The van der Waals surface area contributed by atoms with Crippen LogP contribution in [0.3, 0.4) is 0 Å². The summed E-state index contributed by atoms with van der Waals surface area (Å²) < 4.78 is 18.2. The molecule has 0 fully saturated rings. The van der Waals surface area contributed by atoms with Crippen LogP contribution in [0.2, 0.25) is 0 Å². The van der Waals surface area contributed by atoms with Crippen LogP contribution < -0.4 is 11.1 Å². The summed E-state index contributed by atoms with van der Waals surface area (Å²) in [6, 6.07) is 3.89. The van der Waals surface area contributed by atoms with Crippen molar-refractivity contribution in [3.05, 3.63) is 24.0 Å². The van der Waals surface area contributed by atoms with Gasteiger partial charge in [0.25, 0.3) is 0 Å². The third kappa shape index (κ3) is 6.52. The summed E-state index contributed by atoms with van der Waals surface area (Å²) in [5.74, 6) is 0.0597. The number of benzene rings is 1. The molecule has 20 heavy (non-hydrogen) atoms. The van der Waals surface area contributed by atoms with Gasteiger partial charge in [-0.1, -0.05) is 13.8 Å². The van der Waals surface area contributed by atoms with Gasteiger partial charge in [-0.15, -0.1) is 0 Å². The number of halogens is 1. The molecule has 0 spiro atoms. The van der Waals surface area contributed by atoms with E-state index in [0.29, 0.717) is 24.8 Å². The molecule has 0 radical (unpaired) electrons. The maximum Gasteiger partial charge on any atom is 0.226 e. The molecule has 0 aromatic heterocycles. The summed E-state index contributed by atoms with van der Waals surface area (Å²) in [7, 11) is 0. The number of amides is 1. The summed E-state index contributed by atoms with van der Waals surface area (Å²) >= 11 is 0. The Morgan fingerprint density at radius 1 is 1.40 bits per heavy atom. The summed E-state index contributed by atoms with van der Waals surface area (Å²) in [5.41, 5.74) is 6.25. The minimum Gasteiger partial charge on any atom is -0.397 e. The lowest BCUT2D eigenvalue weighted by Crippen LogP contribution is -2.15. The Labute approximate surface area is 119 Å². The molecule has 0 aliphatic rings. The zero-order valence-electron chi connectivity index (χ0n) is 12.1. The van der Waals surface area contributed by atoms with Crippen LogP contribution in [0.1, 0.15) is 33.1 Å². The summed E-state index contributed by atoms with van der Waals surface area (Å²) in [6.07, 6.45) is 2.39. The van der Waals surface area contributed by atoms with E-state index in [9.17, 15) is 9.18 Å². The van der Waals surface area contributed by atoms with Crippen LogP contribution in [0, 0.1) is 11.7 Å². The molecule has 1 amide bonds. The van der Waals surface area contributed by atoms with Crippen molar-refractivity contribution in [2.75, 3.05) is 24.3 Å². The summed E-state index contributed by atoms with van der Waals surface area (Å²) in [6.45, 7) is 5.39. The molecule has 0 saturated carbocycles. The Kier molecular flexibility index (Phi) is 7.01. The fourth-order valence-electron chi connectivity index (χ4n) is 1.72. The number of nitrogens with two attached hydrogens (primary N) is 1. The monoisotopic (exact) mass is 282 g/mol.